The molecule has 0 fully saturated rings. The molecule has 0 unspecified atom stereocenters. The standard InChI is InChI=1S/C16H19NO2/c1-3-18-16-10-9-15(11-13(16)12-17-2)19-14-7-5-4-6-8-14/h4-11,17H,3,12H2,1-2H3. The fraction of sp³-hybridized carbons (Fsp3) is 0.250. The van der Waals surface area contributed by atoms with E-state index in [0.29, 0.717) is 6.61 Å². The molecule has 2 rings (SSSR count). The minimum atomic E-state index is 0.662. The molecule has 2 aromatic carbocycles. The molecule has 1 N–H and O–H groups in total. The van der Waals surface area contributed by atoms with E-state index in [0.717, 1.165) is 29.4 Å². The Morgan fingerprint density at radius 2 is 1.79 bits per heavy atom. The monoisotopic (exact) mass is 257 g/mol. The van der Waals surface area contributed by atoms with Crippen molar-refractivity contribution in [1.82, 2.24) is 5.32 Å². The van der Waals surface area contributed by atoms with E-state index in [2.05, 4.69) is 5.32 Å². The van der Waals surface area contributed by atoms with Crippen molar-refractivity contribution in [1.29, 1.82) is 0 Å². The molecular formula is C16H19NO2. The van der Waals surface area contributed by atoms with Crippen molar-refractivity contribution in [3.8, 4) is 17.2 Å². The van der Waals surface area contributed by atoms with Crippen LogP contribution < -0.4 is 14.8 Å². The first-order valence-electron chi connectivity index (χ1n) is 6.46. The van der Waals surface area contributed by atoms with E-state index in [1.807, 2.05) is 62.5 Å². The molecule has 3 nitrogen and oxygen atoms in total. The van der Waals surface area contributed by atoms with Gasteiger partial charge in [-0.1, -0.05) is 18.2 Å². The Kier molecular flexibility index (Phi) is 4.81. The number of para-hydroxylation sites is 1. The predicted molar refractivity (Wildman–Crippen MR) is 76.9 cm³/mol. The lowest BCUT2D eigenvalue weighted by molar-refractivity contribution is 0.335. The quantitative estimate of drug-likeness (QED) is 0.857. The summed E-state index contributed by atoms with van der Waals surface area (Å²) in [6.45, 7) is 3.40. The summed E-state index contributed by atoms with van der Waals surface area (Å²) in [5.41, 5.74) is 1.10. The molecule has 0 aliphatic carbocycles. The number of rotatable bonds is 6. The first-order valence-corrected chi connectivity index (χ1v) is 6.46. The van der Waals surface area contributed by atoms with Crippen LogP contribution in [0.3, 0.4) is 0 Å². The molecule has 0 spiro atoms. The molecular weight excluding hydrogens is 238 g/mol. The summed E-state index contributed by atoms with van der Waals surface area (Å²) in [4.78, 5) is 0. The number of nitrogens with one attached hydrogen (secondary N) is 1. The van der Waals surface area contributed by atoms with E-state index in [9.17, 15) is 0 Å². The number of hydrogen-bond acceptors (Lipinski definition) is 3. The lowest BCUT2D eigenvalue weighted by atomic mass is 10.2. The van der Waals surface area contributed by atoms with Gasteiger partial charge < -0.3 is 14.8 Å². The molecule has 0 amide bonds. The SMILES string of the molecule is CCOc1ccc(Oc2ccccc2)cc1CNC. The second-order valence-corrected chi connectivity index (χ2v) is 4.15. The molecule has 0 saturated carbocycles. The van der Waals surface area contributed by atoms with Crippen molar-refractivity contribution in [2.75, 3.05) is 13.7 Å². The highest BCUT2D eigenvalue weighted by Gasteiger charge is 2.05. The van der Waals surface area contributed by atoms with Crippen LogP contribution in [0.1, 0.15) is 12.5 Å². The van der Waals surface area contributed by atoms with Gasteiger partial charge in [0.1, 0.15) is 17.2 Å². The Bertz CT molecular complexity index is 511. The fourth-order valence-electron chi connectivity index (χ4n) is 1.87. The third kappa shape index (κ3) is 3.73. The Morgan fingerprint density at radius 3 is 2.47 bits per heavy atom. The van der Waals surface area contributed by atoms with Crippen LogP contribution in [-0.4, -0.2) is 13.7 Å². The largest absolute Gasteiger partial charge is 0.494 e. The highest BCUT2D eigenvalue weighted by molar-refractivity contribution is 5.42. The van der Waals surface area contributed by atoms with E-state index in [-0.39, 0.29) is 0 Å². The molecule has 0 aromatic heterocycles. The number of hydrogen-bond donors (Lipinski definition) is 1. The minimum absolute atomic E-state index is 0.662. The normalized spacial score (nSPS) is 10.2. The summed E-state index contributed by atoms with van der Waals surface area (Å²) < 4.78 is 11.4. The topological polar surface area (TPSA) is 30.5 Å². The van der Waals surface area contributed by atoms with Gasteiger partial charge in [-0.05, 0) is 44.3 Å². The Balaban J connectivity index is 2.20. The van der Waals surface area contributed by atoms with Gasteiger partial charge in [0.15, 0.2) is 0 Å². The van der Waals surface area contributed by atoms with Crippen molar-refractivity contribution in [2.24, 2.45) is 0 Å². The van der Waals surface area contributed by atoms with Crippen LogP contribution in [0.15, 0.2) is 48.5 Å². The molecule has 2 aromatic rings. The summed E-state index contributed by atoms with van der Waals surface area (Å²) in [5.74, 6) is 2.55. The summed E-state index contributed by atoms with van der Waals surface area (Å²) in [7, 11) is 1.92. The van der Waals surface area contributed by atoms with Gasteiger partial charge in [0, 0.05) is 12.1 Å². The Morgan fingerprint density at radius 1 is 1.00 bits per heavy atom. The van der Waals surface area contributed by atoms with Crippen LogP contribution in [0.2, 0.25) is 0 Å². The second-order valence-electron chi connectivity index (χ2n) is 4.15. The average molecular weight is 257 g/mol. The average Bonchev–Trinajstić information content (AvgIpc) is 2.43. The summed E-state index contributed by atoms with van der Waals surface area (Å²) in [6.07, 6.45) is 0. The predicted octanol–water partition coefficient (Wildman–Crippen LogP) is 3.60. The summed E-state index contributed by atoms with van der Waals surface area (Å²) in [6, 6.07) is 15.6. The summed E-state index contributed by atoms with van der Waals surface area (Å²) in [5, 5.41) is 3.14. The third-order valence-corrected chi connectivity index (χ3v) is 2.68. The van der Waals surface area contributed by atoms with Crippen LogP contribution in [-0.2, 0) is 6.54 Å². The molecule has 0 atom stereocenters. The Labute approximate surface area is 114 Å². The van der Waals surface area contributed by atoms with Gasteiger partial charge >= 0.3 is 0 Å². The maximum Gasteiger partial charge on any atom is 0.128 e. The van der Waals surface area contributed by atoms with Gasteiger partial charge in [0.2, 0.25) is 0 Å². The van der Waals surface area contributed by atoms with Crippen LogP contribution in [0.5, 0.6) is 17.2 Å². The maximum absolute atomic E-state index is 5.82. The van der Waals surface area contributed by atoms with Crippen LogP contribution in [0, 0.1) is 0 Å². The van der Waals surface area contributed by atoms with Gasteiger partial charge in [-0.15, -0.1) is 0 Å². The highest BCUT2D eigenvalue weighted by Crippen LogP contribution is 2.27. The summed E-state index contributed by atoms with van der Waals surface area (Å²) >= 11 is 0. The molecule has 100 valence electrons. The van der Waals surface area contributed by atoms with E-state index in [1.165, 1.54) is 0 Å². The lowest BCUT2D eigenvalue weighted by Crippen LogP contribution is -2.07. The molecule has 0 aliphatic heterocycles. The van der Waals surface area contributed by atoms with Crippen molar-refractivity contribution >= 4 is 0 Å². The van der Waals surface area contributed by atoms with Gasteiger partial charge in [-0.2, -0.15) is 0 Å². The lowest BCUT2D eigenvalue weighted by Gasteiger charge is -2.12. The molecule has 0 radical (unpaired) electrons. The maximum atomic E-state index is 5.82. The zero-order valence-corrected chi connectivity index (χ0v) is 11.3. The zero-order chi connectivity index (χ0) is 13.5. The highest BCUT2D eigenvalue weighted by atomic mass is 16.5. The molecule has 19 heavy (non-hydrogen) atoms. The molecule has 0 aliphatic rings. The van der Waals surface area contributed by atoms with Gasteiger partial charge in [0.25, 0.3) is 0 Å². The second kappa shape index (κ2) is 6.81. The van der Waals surface area contributed by atoms with Gasteiger partial charge in [-0.3, -0.25) is 0 Å². The van der Waals surface area contributed by atoms with Crippen LogP contribution in [0.4, 0.5) is 0 Å². The third-order valence-electron chi connectivity index (χ3n) is 2.68. The van der Waals surface area contributed by atoms with Gasteiger partial charge in [-0.25, -0.2) is 0 Å². The molecule has 0 heterocycles. The fourth-order valence-corrected chi connectivity index (χ4v) is 1.87. The molecule has 3 heteroatoms. The Hall–Kier alpha value is -2.00. The first-order chi connectivity index (χ1) is 9.33. The molecule has 0 bridgehead atoms. The van der Waals surface area contributed by atoms with Gasteiger partial charge in [0.05, 0.1) is 6.61 Å². The van der Waals surface area contributed by atoms with E-state index in [1.54, 1.807) is 0 Å². The minimum Gasteiger partial charge on any atom is -0.494 e. The van der Waals surface area contributed by atoms with Crippen LogP contribution >= 0.6 is 0 Å². The van der Waals surface area contributed by atoms with E-state index >= 15 is 0 Å². The van der Waals surface area contributed by atoms with E-state index in [4.69, 9.17) is 9.47 Å². The van der Waals surface area contributed by atoms with E-state index < -0.39 is 0 Å². The first kappa shape index (κ1) is 13.4. The number of ether oxygens (including phenoxy) is 2. The van der Waals surface area contributed by atoms with Crippen molar-refractivity contribution < 1.29 is 9.47 Å². The van der Waals surface area contributed by atoms with Crippen molar-refractivity contribution in [3.05, 3.63) is 54.1 Å². The smallest absolute Gasteiger partial charge is 0.128 e. The zero-order valence-electron chi connectivity index (χ0n) is 11.3. The van der Waals surface area contributed by atoms with Crippen molar-refractivity contribution in [3.63, 3.8) is 0 Å². The number of benzene rings is 2. The molecule has 0 saturated heterocycles. The van der Waals surface area contributed by atoms with Crippen molar-refractivity contribution in [2.45, 2.75) is 13.5 Å². The van der Waals surface area contributed by atoms with Crippen LogP contribution in [0.25, 0.3) is 0 Å².